The van der Waals surface area contributed by atoms with E-state index < -0.39 is 5.97 Å². The quantitative estimate of drug-likeness (QED) is 0.646. The number of ether oxygens (including phenoxy) is 2. The van der Waals surface area contributed by atoms with Crippen LogP contribution in [-0.4, -0.2) is 11.9 Å². The summed E-state index contributed by atoms with van der Waals surface area (Å²) in [6.45, 7) is 0.158. The Morgan fingerprint density at radius 2 is 1.82 bits per heavy atom. The van der Waals surface area contributed by atoms with Crippen LogP contribution in [0.5, 0.6) is 0 Å². The molecule has 1 heterocycles. The average Bonchev–Trinajstić information content (AvgIpc) is 2.02. The van der Waals surface area contributed by atoms with Gasteiger partial charge in [0.2, 0.25) is 0 Å². The highest BCUT2D eigenvalue weighted by Crippen LogP contribution is 2.30. The lowest BCUT2D eigenvalue weighted by molar-refractivity contribution is -0.502. The number of rotatable bonds is 1. The van der Waals surface area contributed by atoms with E-state index in [9.17, 15) is 5.11 Å². The maximum atomic E-state index is 9.44. The zero-order valence-corrected chi connectivity index (χ0v) is 5.86. The molecule has 3 heteroatoms. The molecular formula is C8H8O3. The van der Waals surface area contributed by atoms with Gasteiger partial charge in [0.05, 0.1) is 0 Å². The summed E-state index contributed by atoms with van der Waals surface area (Å²) in [5.74, 6) is -1.48. The van der Waals surface area contributed by atoms with Gasteiger partial charge in [-0.3, -0.25) is 9.47 Å². The van der Waals surface area contributed by atoms with Crippen molar-refractivity contribution in [2.24, 2.45) is 0 Å². The summed E-state index contributed by atoms with van der Waals surface area (Å²) < 4.78 is 9.68. The summed E-state index contributed by atoms with van der Waals surface area (Å²) in [5, 5.41) is 9.44. The minimum absolute atomic E-state index is 0.158. The zero-order valence-electron chi connectivity index (χ0n) is 5.86. The monoisotopic (exact) mass is 152 g/mol. The van der Waals surface area contributed by atoms with Gasteiger partial charge < -0.3 is 5.11 Å². The molecule has 11 heavy (non-hydrogen) atoms. The van der Waals surface area contributed by atoms with E-state index in [4.69, 9.17) is 9.47 Å². The van der Waals surface area contributed by atoms with Crippen molar-refractivity contribution in [1.29, 1.82) is 0 Å². The predicted octanol–water partition coefficient (Wildman–Crippen LogP) is 0.793. The second-order valence-corrected chi connectivity index (χ2v) is 2.35. The topological polar surface area (TPSA) is 38.7 Å². The third-order valence-electron chi connectivity index (χ3n) is 1.65. The first-order valence-corrected chi connectivity index (χ1v) is 3.37. The first kappa shape index (κ1) is 6.79. The molecule has 0 saturated carbocycles. The van der Waals surface area contributed by atoms with Gasteiger partial charge in [-0.15, -0.1) is 0 Å². The molecule has 1 N–H and O–H groups in total. The van der Waals surface area contributed by atoms with Crippen LogP contribution < -0.4 is 0 Å². The average molecular weight is 152 g/mol. The first-order valence-electron chi connectivity index (χ1n) is 3.37. The minimum atomic E-state index is -1.48. The molecule has 0 radical (unpaired) electrons. The summed E-state index contributed by atoms with van der Waals surface area (Å²) >= 11 is 0. The van der Waals surface area contributed by atoms with Crippen LogP contribution in [-0.2, 0) is 15.4 Å². The summed E-state index contributed by atoms with van der Waals surface area (Å²) in [7, 11) is 0. The standard InChI is InChI=1S/C8H8O3/c9-8(10-6-11-8)7-4-2-1-3-5-7/h1-5,9H,6H2. The van der Waals surface area contributed by atoms with Crippen molar-refractivity contribution in [2.75, 3.05) is 6.79 Å². The molecule has 1 aromatic rings. The summed E-state index contributed by atoms with van der Waals surface area (Å²) in [5.41, 5.74) is 0.631. The van der Waals surface area contributed by atoms with E-state index in [1.54, 1.807) is 12.1 Å². The Bertz CT molecular complexity index is 241. The number of benzene rings is 1. The second kappa shape index (κ2) is 2.30. The third-order valence-corrected chi connectivity index (χ3v) is 1.65. The molecule has 1 aliphatic rings. The Morgan fingerprint density at radius 3 is 2.27 bits per heavy atom. The largest absolute Gasteiger partial charge is 0.339 e. The molecule has 1 saturated heterocycles. The van der Waals surface area contributed by atoms with E-state index in [-0.39, 0.29) is 6.79 Å². The smallest absolute Gasteiger partial charge is 0.313 e. The lowest BCUT2D eigenvalue weighted by Gasteiger charge is -2.35. The maximum absolute atomic E-state index is 9.44. The number of hydrogen-bond acceptors (Lipinski definition) is 3. The highest BCUT2D eigenvalue weighted by atomic mass is 17.0. The maximum Gasteiger partial charge on any atom is 0.313 e. The highest BCUT2D eigenvalue weighted by molar-refractivity contribution is 5.18. The van der Waals surface area contributed by atoms with Crippen LogP contribution >= 0.6 is 0 Å². The second-order valence-electron chi connectivity index (χ2n) is 2.35. The minimum Gasteiger partial charge on any atom is -0.339 e. The summed E-state index contributed by atoms with van der Waals surface area (Å²) in [6, 6.07) is 9.00. The van der Waals surface area contributed by atoms with Crippen LogP contribution in [0.15, 0.2) is 30.3 Å². The molecule has 0 aromatic heterocycles. The molecule has 0 unspecified atom stereocenters. The van der Waals surface area contributed by atoms with E-state index in [1.165, 1.54) is 0 Å². The van der Waals surface area contributed by atoms with Gasteiger partial charge in [0, 0.05) is 5.56 Å². The third kappa shape index (κ3) is 1.03. The molecule has 1 aromatic carbocycles. The normalized spacial score (nSPS) is 20.8. The SMILES string of the molecule is OC1(c2ccccc2)OCO1. The first-order chi connectivity index (χ1) is 5.31. The fourth-order valence-electron chi connectivity index (χ4n) is 0.986. The number of aliphatic hydroxyl groups is 1. The van der Waals surface area contributed by atoms with Crippen molar-refractivity contribution >= 4 is 0 Å². The Kier molecular flexibility index (Phi) is 1.42. The van der Waals surface area contributed by atoms with Gasteiger partial charge in [-0.05, 0) is 0 Å². The van der Waals surface area contributed by atoms with E-state index in [2.05, 4.69) is 0 Å². The predicted molar refractivity (Wildman–Crippen MR) is 37.4 cm³/mol. The zero-order chi connectivity index (χ0) is 7.73. The van der Waals surface area contributed by atoms with Crippen molar-refractivity contribution < 1.29 is 14.6 Å². The molecule has 0 amide bonds. The molecule has 1 aliphatic heterocycles. The van der Waals surface area contributed by atoms with Crippen molar-refractivity contribution in [3.63, 3.8) is 0 Å². The fourth-order valence-corrected chi connectivity index (χ4v) is 0.986. The summed E-state index contributed by atoms with van der Waals surface area (Å²) in [4.78, 5) is 0. The molecule has 0 aliphatic carbocycles. The molecular weight excluding hydrogens is 144 g/mol. The van der Waals surface area contributed by atoms with Crippen LogP contribution in [0.3, 0.4) is 0 Å². The molecule has 0 atom stereocenters. The Morgan fingerprint density at radius 1 is 1.18 bits per heavy atom. The molecule has 0 bridgehead atoms. The lowest BCUT2D eigenvalue weighted by atomic mass is 10.2. The van der Waals surface area contributed by atoms with Gasteiger partial charge in [0.25, 0.3) is 0 Å². The lowest BCUT2D eigenvalue weighted by Crippen LogP contribution is -2.43. The highest BCUT2D eigenvalue weighted by Gasteiger charge is 2.39. The van der Waals surface area contributed by atoms with Crippen LogP contribution in [0.2, 0.25) is 0 Å². The van der Waals surface area contributed by atoms with Crippen molar-refractivity contribution in [3.8, 4) is 0 Å². The van der Waals surface area contributed by atoms with Crippen LogP contribution in [0.1, 0.15) is 5.56 Å². The van der Waals surface area contributed by atoms with Gasteiger partial charge in [-0.25, -0.2) is 0 Å². The Labute approximate surface area is 64.2 Å². The van der Waals surface area contributed by atoms with Crippen molar-refractivity contribution in [1.82, 2.24) is 0 Å². The summed E-state index contributed by atoms with van der Waals surface area (Å²) in [6.07, 6.45) is 0. The fraction of sp³-hybridized carbons (Fsp3) is 0.250. The molecule has 2 rings (SSSR count). The van der Waals surface area contributed by atoms with E-state index in [0.29, 0.717) is 5.56 Å². The van der Waals surface area contributed by atoms with E-state index >= 15 is 0 Å². The van der Waals surface area contributed by atoms with Crippen LogP contribution in [0, 0.1) is 0 Å². The van der Waals surface area contributed by atoms with Gasteiger partial charge in [0.15, 0.2) is 6.79 Å². The molecule has 1 fully saturated rings. The van der Waals surface area contributed by atoms with Crippen LogP contribution in [0.4, 0.5) is 0 Å². The van der Waals surface area contributed by atoms with Crippen LogP contribution in [0.25, 0.3) is 0 Å². The van der Waals surface area contributed by atoms with Crippen molar-refractivity contribution in [3.05, 3.63) is 35.9 Å². The van der Waals surface area contributed by atoms with E-state index in [1.807, 2.05) is 18.2 Å². The molecule has 3 nitrogen and oxygen atoms in total. The van der Waals surface area contributed by atoms with Gasteiger partial charge >= 0.3 is 5.97 Å². The molecule has 58 valence electrons. The van der Waals surface area contributed by atoms with Gasteiger partial charge in [0.1, 0.15) is 0 Å². The molecule has 0 spiro atoms. The Hall–Kier alpha value is -0.900. The van der Waals surface area contributed by atoms with Crippen molar-refractivity contribution in [2.45, 2.75) is 5.97 Å². The number of hydrogen-bond donors (Lipinski definition) is 1. The van der Waals surface area contributed by atoms with Gasteiger partial charge in [-0.2, -0.15) is 0 Å². The van der Waals surface area contributed by atoms with E-state index in [0.717, 1.165) is 0 Å². The van der Waals surface area contributed by atoms with Gasteiger partial charge in [-0.1, -0.05) is 30.3 Å². The Balaban J connectivity index is 2.29.